The summed E-state index contributed by atoms with van der Waals surface area (Å²) in [5.74, 6) is 1.75. The van der Waals surface area contributed by atoms with Crippen LogP contribution in [0, 0.1) is 0 Å². The molecule has 0 aromatic heterocycles. The fourth-order valence-corrected chi connectivity index (χ4v) is 8.64. The topological polar surface area (TPSA) is 12.5 Å². The van der Waals surface area contributed by atoms with Gasteiger partial charge in [0.1, 0.15) is 0 Å². The zero-order chi connectivity index (χ0) is 33.6. The highest BCUT2D eigenvalue weighted by atomic mass is 16.5. The van der Waals surface area contributed by atoms with Gasteiger partial charge in [0.15, 0.2) is 11.5 Å². The molecule has 2 heteroatoms. The molecule has 0 bridgehead atoms. The predicted octanol–water partition coefficient (Wildman–Crippen LogP) is 13.2. The van der Waals surface area contributed by atoms with Crippen LogP contribution in [-0.4, -0.2) is 7.05 Å². The van der Waals surface area contributed by atoms with Gasteiger partial charge >= 0.3 is 0 Å². The van der Waals surface area contributed by atoms with Crippen molar-refractivity contribution in [3.63, 3.8) is 0 Å². The summed E-state index contributed by atoms with van der Waals surface area (Å²) in [5.41, 5.74) is 14.9. The first-order valence-electron chi connectivity index (χ1n) is 17.4. The van der Waals surface area contributed by atoms with Crippen molar-refractivity contribution in [3.05, 3.63) is 169 Å². The second-order valence-corrected chi connectivity index (χ2v) is 14.1. The van der Waals surface area contributed by atoms with Crippen molar-refractivity contribution >= 4 is 32.9 Å². The minimum atomic E-state index is -0.0848. The maximum Gasteiger partial charge on any atom is 0.151 e. The van der Waals surface area contributed by atoms with Gasteiger partial charge in [-0.25, -0.2) is 0 Å². The molecular formula is C48H35NO. The van der Waals surface area contributed by atoms with Gasteiger partial charge in [0.25, 0.3) is 0 Å². The molecule has 0 unspecified atom stereocenters. The van der Waals surface area contributed by atoms with Gasteiger partial charge in [-0.1, -0.05) is 141 Å². The van der Waals surface area contributed by atoms with E-state index in [1.54, 1.807) is 0 Å². The van der Waals surface area contributed by atoms with Gasteiger partial charge in [-0.15, -0.1) is 0 Å². The van der Waals surface area contributed by atoms with Crippen LogP contribution < -0.4 is 9.64 Å². The zero-order valence-electron chi connectivity index (χ0n) is 28.4. The molecule has 0 radical (unpaired) electrons. The Hall–Kier alpha value is -6.12. The average Bonchev–Trinajstić information content (AvgIpc) is 3.40. The SMILES string of the molecule is CN1c2ccccc2Oc2ccc(-c3c4ccccc4c(-c4cccc5c4-c4ccccc4C5(C)C)c4cc(-c5ccccc5)ccc34)cc21. The van der Waals surface area contributed by atoms with Gasteiger partial charge < -0.3 is 9.64 Å². The Labute approximate surface area is 292 Å². The van der Waals surface area contributed by atoms with E-state index in [9.17, 15) is 0 Å². The number of rotatable bonds is 3. The normalized spacial score (nSPS) is 13.8. The van der Waals surface area contributed by atoms with Gasteiger partial charge in [-0.2, -0.15) is 0 Å². The van der Waals surface area contributed by atoms with E-state index in [2.05, 4.69) is 171 Å². The first kappa shape index (κ1) is 28.9. The van der Waals surface area contributed by atoms with Gasteiger partial charge in [0.2, 0.25) is 0 Å². The third-order valence-corrected chi connectivity index (χ3v) is 11.1. The lowest BCUT2D eigenvalue weighted by Gasteiger charge is -2.30. The molecule has 0 fully saturated rings. The Morgan fingerprint density at radius 2 is 1.06 bits per heavy atom. The molecule has 0 atom stereocenters. The van der Waals surface area contributed by atoms with Crippen molar-refractivity contribution in [3.8, 4) is 56.0 Å². The van der Waals surface area contributed by atoms with Crippen LogP contribution in [0.3, 0.4) is 0 Å². The molecule has 1 aliphatic carbocycles. The summed E-state index contributed by atoms with van der Waals surface area (Å²) >= 11 is 0. The second kappa shape index (κ2) is 10.7. The van der Waals surface area contributed by atoms with Crippen LogP contribution in [0.5, 0.6) is 11.5 Å². The number of fused-ring (bicyclic) bond motifs is 7. The van der Waals surface area contributed by atoms with Crippen LogP contribution in [0.15, 0.2) is 158 Å². The van der Waals surface area contributed by atoms with E-state index in [4.69, 9.17) is 4.74 Å². The Kier molecular flexibility index (Phi) is 6.17. The maximum absolute atomic E-state index is 6.40. The molecule has 1 heterocycles. The fraction of sp³-hybridized carbons (Fsp3) is 0.0833. The van der Waals surface area contributed by atoms with Crippen molar-refractivity contribution in [1.29, 1.82) is 0 Å². The smallest absolute Gasteiger partial charge is 0.151 e. The summed E-state index contributed by atoms with van der Waals surface area (Å²) < 4.78 is 6.40. The number of ether oxygens (including phenoxy) is 1. The number of hydrogen-bond donors (Lipinski definition) is 0. The molecule has 238 valence electrons. The maximum atomic E-state index is 6.40. The Bertz CT molecular complexity index is 2670. The van der Waals surface area contributed by atoms with Crippen LogP contribution >= 0.6 is 0 Å². The lowest BCUT2D eigenvalue weighted by molar-refractivity contribution is 0.475. The highest BCUT2D eigenvalue weighted by Crippen LogP contribution is 2.55. The molecule has 8 aromatic carbocycles. The number of para-hydroxylation sites is 2. The third-order valence-electron chi connectivity index (χ3n) is 11.1. The number of anilines is 2. The lowest BCUT2D eigenvalue weighted by Crippen LogP contribution is -2.15. The number of hydrogen-bond acceptors (Lipinski definition) is 2. The summed E-state index contributed by atoms with van der Waals surface area (Å²) in [4.78, 5) is 2.25. The number of nitrogens with zero attached hydrogens (tertiary/aromatic N) is 1. The number of benzene rings is 8. The summed E-state index contributed by atoms with van der Waals surface area (Å²) in [6.07, 6.45) is 0. The minimum absolute atomic E-state index is 0.0848. The van der Waals surface area contributed by atoms with E-state index < -0.39 is 0 Å². The lowest BCUT2D eigenvalue weighted by atomic mass is 9.80. The standard InChI is InChI=1S/C48H35NO/c1-48(2)39-20-10-9-18-36(39)47-37(19-13-21-40(47)48)46-34-17-8-7-16-33(34)45(35-26-24-31(28-38(35)46)30-14-5-4-6-15-30)32-25-27-44-42(29-32)49(3)41-22-11-12-23-43(41)50-44/h4-29H,1-3H3. The van der Waals surface area contributed by atoms with Crippen molar-refractivity contribution in [1.82, 2.24) is 0 Å². The molecule has 2 nitrogen and oxygen atoms in total. The minimum Gasteiger partial charge on any atom is -0.453 e. The van der Waals surface area contributed by atoms with E-state index in [0.717, 1.165) is 22.9 Å². The first-order chi connectivity index (χ1) is 24.5. The molecule has 0 N–H and O–H groups in total. The zero-order valence-corrected chi connectivity index (χ0v) is 28.4. The first-order valence-corrected chi connectivity index (χ1v) is 17.4. The Morgan fingerprint density at radius 3 is 1.92 bits per heavy atom. The van der Waals surface area contributed by atoms with E-state index in [-0.39, 0.29) is 5.41 Å². The molecule has 0 spiro atoms. The van der Waals surface area contributed by atoms with Gasteiger partial charge in [-0.3, -0.25) is 0 Å². The van der Waals surface area contributed by atoms with Gasteiger partial charge in [0.05, 0.1) is 11.4 Å². The Balaban J connectivity index is 1.30. The van der Waals surface area contributed by atoms with E-state index in [1.165, 1.54) is 77.2 Å². The molecule has 8 aromatic rings. The largest absolute Gasteiger partial charge is 0.453 e. The molecule has 1 aliphatic heterocycles. The Morgan fingerprint density at radius 1 is 0.420 bits per heavy atom. The fourth-order valence-electron chi connectivity index (χ4n) is 8.64. The molecule has 0 amide bonds. The second-order valence-electron chi connectivity index (χ2n) is 14.1. The van der Waals surface area contributed by atoms with Crippen LogP contribution in [0.4, 0.5) is 11.4 Å². The van der Waals surface area contributed by atoms with Gasteiger partial charge in [-0.05, 0) is 108 Å². The van der Waals surface area contributed by atoms with E-state index >= 15 is 0 Å². The quantitative estimate of drug-likeness (QED) is 0.178. The van der Waals surface area contributed by atoms with Crippen molar-refractivity contribution in [2.24, 2.45) is 0 Å². The monoisotopic (exact) mass is 641 g/mol. The third kappa shape index (κ3) is 4.09. The van der Waals surface area contributed by atoms with Crippen LogP contribution in [0.25, 0.3) is 66.1 Å². The summed E-state index contributed by atoms with van der Waals surface area (Å²) in [7, 11) is 2.13. The van der Waals surface area contributed by atoms with Crippen molar-refractivity contribution < 1.29 is 4.74 Å². The summed E-state index contributed by atoms with van der Waals surface area (Å²) in [6.45, 7) is 4.73. The molecule has 10 rings (SSSR count). The molecule has 0 saturated carbocycles. The summed E-state index contributed by atoms with van der Waals surface area (Å²) in [6, 6.07) is 57.6. The van der Waals surface area contributed by atoms with E-state index in [1.807, 2.05) is 12.1 Å². The van der Waals surface area contributed by atoms with Crippen molar-refractivity contribution in [2.75, 3.05) is 11.9 Å². The predicted molar refractivity (Wildman–Crippen MR) is 210 cm³/mol. The van der Waals surface area contributed by atoms with Crippen LogP contribution in [0.1, 0.15) is 25.0 Å². The molecule has 0 saturated heterocycles. The highest BCUT2D eigenvalue weighted by molar-refractivity contribution is 6.23. The van der Waals surface area contributed by atoms with Crippen molar-refractivity contribution in [2.45, 2.75) is 19.3 Å². The average molecular weight is 642 g/mol. The van der Waals surface area contributed by atoms with E-state index in [0.29, 0.717) is 0 Å². The van der Waals surface area contributed by atoms with Crippen LogP contribution in [0.2, 0.25) is 0 Å². The highest BCUT2D eigenvalue weighted by Gasteiger charge is 2.37. The molecule has 50 heavy (non-hydrogen) atoms. The van der Waals surface area contributed by atoms with Gasteiger partial charge in [0, 0.05) is 12.5 Å². The molecular weight excluding hydrogens is 607 g/mol. The van der Waals surface area contributed by atoms with Crippen LogP contribution in [-0.2, 0) is 5.41 Å². The summed E-state index contributed by atoms with van der Waals surface area (Å²) in [5, 5.41) is 4.98. The molecule has 2 aliphatic rings.